The Hall–Kier alpha value is -2.90. The fraction of sp³-hybridized carbons (Fsp3) is 0.545. The monoisotopic (exact) mass is 414 g/mol. The first-order valence-electron chi connectivity index (χ1n) is 10.5. The first kappa shape index (κ1) is 20.4. The van der Waals surface area contributed by atoms with E-state index in [9.17, 15) is 19.2 Å². The summed E-state index contributed by atoms with van der Waals surface area (Å²) in [4.78, 5) is 50.4. The Morgan fingerprint density at radius 1 is 1.07 bits per heavy atom. The van der Waals surface area contributed by atoms with Crippen LogP contribution in [0.15, 0.2) is 24.3 Å². The van der Waals surface area contributed by atoms with E-state index in [2.05, 4.69) is 5.32 Å². The van der Waals surface area contributed by atoms with Crippen molar-refractivity contribution in [2.45, 2.75) is 32.6 Å². The van der Waals surface area contributed by atoms with Crippen LogP contribution in [0, 0.1) is 23.7 Å². The quantitative estimate of drug-likeness (QED) is 0.516. The van der Waals surface area contributed by atoms with Gasteiger partial charge in [-0.2, -0.15) is 0 Å². The number of esters is 1. The van der Waals surface area contributed by atoms with E-state index in [4.69, 9.17) is 9.47 Å². The maximum Gasteiger partial charge on any atom is 0.308 e. The molecule has 8 nitrogen and oxygen atoms in total. The van der Waals surface area contributed by atoms with Crippen LogP contribution in [-0.4, -0.2) is 48.3 Å². The molecule has 0 aromatic heterocycles. The minimum absolute atomic E-state index is 0.0173. The Bertz CT molecular complexity index is 824. The van der Waals surface area contributed by atoms with Crippen LogP contribution in [0.1, 0.15) is 32.6 Å². The van der Waals surface area contributed by atoms with Crippen LogP contribution in [0.5, 0.6) is 5.75 Å². The Labute approximate surface area is 174 Å². The minimum Gasteiger partial charge on any atom is -0.494 e. The number of amides is 3. The number of benzene rings is 1. The van der Waals surface area contributed by atoms with E-state index >= 15 is 0 Å². The van der Waals surface area contributed by atoms with Gasteiger partial charge in [-0.15, -0.1) is 0 Å². The maximum absolute atomic E-state index is 12.6. The molecule has 160 valence electrons. The van der Waals surface area contributed by atoms with E-state index in [1.165, 1.54) is 4.90 Å². The molecule has 3 fully saturated rings. The number of rotatable bonds is 8. The standard InChI is InChI=1S/C22H26N2O6/c1-2-29-16-7-5-15(6-8-16)23-17(25)12-30-18(26)9-10-24-21(27)19-13-3-4-14(11-13)20(19)22(24)28/h5-8,13-14,19-20H,2-4,9-12H2,1H3,(H,23,25)/t13-,14-,19-,20-/m0/s1. The predicted molar refractivity (Wildman–Crippen MR) is 106 cm³/mol. The van der Waals surface area contributed by atoms with E-state index in [1.54, 1.807) is 24.3 Å². The van der Waals surface area contributed by atoms with Crippen molar-refractivity contribution in [1.29, 1.82) is 0 Å². The third-order valence-electron chi connectivity index (χ3n) is 6.37. The normalized spacial score (nSPS) is 26.6. The zero-order valence-electron chi connectivity index (χ0n) is 17.0. The average Bonchev–Trinajstić information content (AvgIpc) is 3.41. The van der Waals surface area contributed by atoms with Gasteiger partial charge in [0.25, 0.3) is 5.91 Å². The average molecular weight is 414 g/mol. The second kappa shape index (κ2) is 8.45. The van der Waals surface area contributed by atoms with Gasteiger partial charge in [0.05, 0.1) is 24.9 Å². The molecule has 3 amide bonds. The van der Waals surface area contributed by atoms with Crippen LogP contribution in [0.25, 0.3) is 0 Å². The summed E-state index contributed by atoms with van der Waals surface area (Å²) in [5, 5.41) is 2.63. The second-order valence-corrected chi connectivity index (χ2v) is 8.13. The van der Waals surface area contributed by atoms with E-state index in [0.29, 0.717) is 29.9 Å². The van der Waals surface area contributed by atoms with Gasteiger partial charge < -0.3 is 14.8 Å². The number of hydrogen-bond donors (Lipinski definition) is 1. The molecule has 1 aromatic rings. The number of anilines is 1. The lowest BCUT2D eigenvalue weighted by atomic mass is 9.81. The highest BCUT2D eigenvalue weighted by Gasteiger charge is 2.60. The van der Waals surface area contributed by atoms with Crippen molar-refractivity contribution in [2.24, 2.45) is 23.7 Å². The van der Waals surface area contributed by atoms with Gasteiger partial charge in [0.15, 0.2) is 6.61 Å². The van der Waals surface area contributed by atoms with Gasteiger partial charge in [0.2, 0.25) is 11.8 Å². The predicted octanol–water partition coefficient (Wildman–Crippen LogP) is 1.99. The fourth-order valence-electron chi connectivity index (χ4n) is 5.11. The molecule has 1 aromatic carbocycles. The Morgan fingerprint density at radius 3 is 2.30 bits per heavy atom. The Balaban J connectivity index is 1.20. The summed E-state index contributed by atoms with van der Waals surface area (Å²) in [6, 6.07) is 6.85. The highest BCUT2D eigenvalue weighted by Crippen LogP contribution is 2.56. The molecule has 2 bridgehead atoms. The molecule has 1 aliphatic heterocycles. The molecule has 0 spiro atoms. The molecule has 8 heteroatoms. The summed E-state index contributed by atoms with van der Waals surface area (Å²) < 4.78 is 10.3. The summed E-state index contributed by atoms with van der Waals surface area (Å²) in [6.45, 7) is 2.03. The van der Waals surface area contributed by atoms with Crippen molar-refractivity contribution in [3.8, 4) is 5.75 Å². The summed E-state index contributed by atoms with van der Waals surface area (Å²) in [5.74, 6) is -0.398. The lowest BCUT2D eigenvalue weighted by molar-refractivity contribution is -0.149. The topological polar surface area (TPSA) is 102 Å². The summed E-state index contributed by atoms with van der Waals surface area (Å²) >= 11 is 0. The van der Waals surface area contributed by atoms with Crippen LogP contribution in [0.2, 0.25) is 0 Å². The zero-order chi connectivity index (χ0) is 21.3. The van der Waals surface area contributed by atoms with Crippen LogP contribution in [0.3, 0.4) is 0 Å². The van der Waals surface area contributed by atoms with Gasteiger partial charge >= 0.3 is 5.97 Å². The third kappa shape index (κ3) is 3.91. The Kier molecular flexibility index (Phi) is 5.74. The Morgan fingerprint density at radius 2 is 1.70 bits per heavy atom. The van der Waals surface area contributed by atoms with Gasteiger partial charge in [-0.25, -0.2) is 0 Å². The number of carbonyl (C=O) groups excluding carboxylic acids is 4. The first-order chi connectivity index (χ1) is 14.5. The molecule has 1 saturated heterocycles. The number of carbonyl (C=O) groups is 4. The number of hydrogen-bond acceptors (Lipinski definition) is 6. The number of likely N-dealkylation sites (tertiary alicyclic amines) is 1. The molecule has 30 heavy (non-hydrogen) atoms. The molecule has 1 heterocycles. The summed E-state index contributed by atoms with van der Waals surface area (Å²) in [7, 11) is 0. The minimum atomic E-state index is -0.613. The summed E-state index contributed by atoms with van der Waals surface area (Å²) in [5.41, 5.74) is 0.564. The number of fused-ring (bicyclic) bond motifs is 5. The van der Waals surface area contributed by atoms with Crippen molar-refractivity contribution in [1.82, 2.24) is 4.90 Å². The molecular weight excluding hydrogens is 388 g/mol. The van der Waals surface area contributed by atoms with Gasteiger partial charge in [-0.3, -0.25) is 24.1 Å². The number of nitrogens with one attached hydrogen (secondary N) is 1. The first-order valence-corrected chi connectivity index (χ1v) is 10.5. The summed E-state index contributed by atoms with van der Waals surface area (Å²) in [6.07, 6.45) is 2.91. The molecule has 0 unspecified atom stereocenters. The molecule has 0 radical (unpaired) electrons. The maximum atomic E-state index is 12.6. The van der Waals surface area contributed by atoms with Crippen molar-refractivity contribution >= 4 is 29.4 Å². The number of nitrogens with zero attached hydrogens (tertiary/aromatic N) is 1. The van der Waals surface area contributed by atoms with Crippen LogP contribution in [0.4, 0.5) is 5.69 Å². The van der Waals surface area contributed by atoms with Crippen molar-refractivity contribution in [3.05, 3.63) is 24.3 Å². The lowest BCUT2D eigenvalue weighted by Crippen LogP contribution is -2.35. The van der Waals surface area contributed by atoms with Crippen molar-refractivity contribution in [2.75, 3.05) is 25.1 Å². The molecule has 3 aliphatic rings. The van der Waals surface area contributed by atoms with Gasteiger partial charge in [0, 0.05) is 12.2 Å². The zero-order valence-corrected chi connectivity index (χ0v) is 17.0. The molecule has 4 atom stereocenters. The lowest BCUT2D eigenvalue weighted by Gasteiger charge is -2.19. The highest BCUT2D eigenvalue weighted by atomic mass is 16.5. The fourth-order valence-corrected chi connectivity index (χ4v) is 5.11. The van der Waals surface area contributed by atoms with E-state index in [0.717, 1.165) is 19.3 Å². The van der Waals surface area contributed by atoms with Gasteiger partial charge in [-0.1, -0.05) is 0 Å². The molecular formula is C22H26N2O6. The molecule has 2 saturated carbocycles. The highest BCUT2D eigenvalue weighted by molar-refractivity contribution is 6.06. The number of imide groups is 1. The SMILES string of the molecule is CCOc1ccc(NC(=O)COC(=O)CCN2C(=O)[C@H]3[C@H]4CC[C@@H](C4)[C@@H]3C2=O)cc1. The smallest absolute Gasteiger partial charge is 0.308 e. The third-order valence-corrected chi connectivity index (χ3v) is 6.37. The van der Waals surface area contributed by atoms with Gasteiger partial charge in [-0.05, 0) is 62.3 Å². The van der Waals surface area contributed by atoms with Crippen LogP contribution < -0.4 is 10.1 Å². The largest absolute Gasteiger partial charge is 0.494 e. The van der Waals surface area contributed by atoms with E-state index in [1.807, 2.05) is 6.92 Å². The van der Waals surface area contributed by atoms with Crippen LogP contribution >= 0.6 is 0 Å². The van der Waals surface area contributed by atoms with Crippen LogP contribution in [-0.2, 0) is 23.9 Å². The second-order valence-electron chi connectivity index (χ2n) is 8.13. The van der Waals surface area contributed by atoms with E-state index in [-0.39, 0.29) is 36.6 Å². The van der Waals surface area contributed by atoms with Gasteiger partial charge in [0.1, 0.15) is 5.75 Å². The molecule has 4 rings (SSSR count). The number of ether oxygens (including phenoxy) is 2. The van der Waals surface area contributed by atoms with Crippen molar-refractivity contribution in [3.63, 3.8) is 0 Å². The molecule has 1 N–H and O–H groups in total. The molecule has 2 aliphatic carbocycles. The van der Waals surface area contributed by atoms with Crippen molar-refractivity contribution < 1.29 is 28.7 Å². The van der Waals surface area contributed by atoms with E-state index < -0.39 is 18.5 Å².